The van der Waals surface area contributed by atoms with E-state index < -0.39 is 0 Å². The average molecular weight is 873 g/mol. The fourth-order valence-corrected chi connectivity index (χ4v) is 15.1. The van der Waals surface area contributed by atoms with Crippen molar-refractivity contribution in [1.29, 1.82) is 0 Å². The zero-order valence-electron chi connectivity index (χ0n) is 37.8. The Morgan fingerprint density at radius 3 is 1.12 bits per heavy atom. The van der Waals surface area contributed by atoms with Crippen molar-refractivity contribution >= 4 is 82.5 Å². The first-order chi connectivity index (χ1) is 33.7. The molecule has 9 aromatic carbocycles. The predicted molar refractivity (Wildman–Crippen MR) is 282 cm³/mol. The second-order valence-electron chi connectivity index (χ2n) is 20.5. The van der Waals surface area contributed by atoms with Gasteiger partial charge in [0.05, 0.1) is 44.5 Å². The van der Waals surface area contributed by atoms with Crippen molar-refractivity contribution < 1.29 is 0 Å². The van der Waals surface area contributed by atoms with Crippen molar-refractivity contribution in [2.24, 2.45) is 23.7 Å². The SMILES string of the molecule is c1cc(N2c3ccccc3C3(c4ccccc42)C2CC4CC(C2)CC3C4)cc(-n2c3ccc(-n4c5ccccc5c5ccccc54)cc3c3cc(-n4c5ccccc5c5ccccc54)ccc32)c1. The molecule has 4 fully saturated rings. The summed E-state index contributed by atoms with van der Waals surface area (Å²) >= 11 is 0. The topological polar surface area (TPSA) is 18.0 Å². The van der Waals surface area contributed by atoms with Crippen LogP contribution in [0.1, 0.15) is 43.2 Å². The van der Waals surface area contributed by atoms with Gasteiger partial charge in [0.1, 0.15) is 0 Å². The third kappa shape index (κ3) is 4.84. The Hall–Kier alpha value is -7.82. The highest BCUT2D eigenvalue weighted by Gasteiger charge is 2.61. The number of fused-ring (bicyclic) bond motifs is 11. The van der Waals surface area contributed by atoms with Gasteiger partial charge in [-0.15, -0.1) is 0 Å². The normalized spacial score (nSPS) is 20.1. The van der Waals surface area contributed by atoms with E-state index in [1.807, 2.05) is 0 Å². The Morgan fingerprint density at radius 2 is 0.662 bits per heavy atom. The second-order valence-corrected chi connectivity index (χ2v) is 20.5. The van der Waals surface area contributed by atoms with E-state index in [2.05, 4.69) is 225 Å². The smallest absolute Gasteiger partial charge is 0.0542 e. The minimum atomic E-state index is 0.0731. The van der Waals surface area contributed by atoms with Crippen molar-refractivity contribution in [3.63, 3.8) is 0 Å². The standard InChI is InChI=1S/C64H48N4/c1-7-22-56-48(16-1)49-17-2-8-23-57(49)66(56)46-28-30-60-52(38-46)53-39-47(67-58-24-9-3-18-50(58)51-19-4-10-25-59(51)67)29-31-61(53)65(60)44-14-13-15-45(37-44)68-62-26-11-5-20-54(62)64(55-21-6-12-27-63(55)68)42-33-40-32-41(35-42)36-43(64)34-40/h1-31,37-43H,32-36H2. The van der Waals surface area contributed by atoms with Crippen LogP contribution < -0.4 is 4.90 Å². The first kappa shape index (κ1) is 37.3. The predicted octanol–water partition coefficient (Wildman–Crippen LogP) is 16.5. The summed E-state index contributed by atoms with van der Waals surface area (Å²) in [5.41, 5.74) is 17.8. The number of benzene rings is 9. The van der Waals surface area contributed by atoms with Gasteiger partial charge in [0, 0.05) is 60.5 Å². The summed E-state index contributed by atoms with van der Waals surface area (Å²) in [5, 5.41) is 7.53. The van der Waals surface area contributed by atoms with E-state index >= 15 is 0 Å². The quantitative estimate of drug-likeness (QED) is 0.172. The third-order valence-corrected chi connectivity index (χ3v) is 17.4. The van der Waals surface area contributed by atoms with Crippen LogP contribution in [-0.2, 0) is 5.41 Å². The average Bonchev–Trinajstić information content (AvgIpc) is 4.02. The van der Waals surface area contributed by atoms with E-state index in [9.17, 15) is 0 Å². The summed E-state index contributed by atoms with van der Waals surface area (Å²) in [6.45, 7) is 0. The molecule has 3 aromatic heterocycles. The zero-order valence-corrected chi connectivity index (χ0v) is 37.8. The van der Waals surface area contributed by atoms with Gasteiger partial charge in [-0.05, 0) is 158 Å². The molecule has 4 heterocycles. The lowest BCUT2D eigenvalue weighted by Crippen LogP contribution is -2.57. The van der Waals surface area contributed by atoms with Crippen molar-refractivity contribution in [2.75, 3.05) is 4.90 Å². The summed E-state index contributed by atoms with van der Waals surface area (Å²) < 4.78 is 7.42. The van der Waals surface area contributed by atoms with E-state index in [4.69, 9.17) is 0 Å². The molecule has 0 atom stereocenters. The summed E-state index contributed by atoms with van der Waals surface area (Å²) in [6.07, 6.45) is 6.94. The number of rotatable bonds is 4. The lowest BCUT2D eigenvalue weighted by atomic mass is 9.41. The molecule has 12 aromatic rings. The summed E-state index contributed by atoms with van der Waals surface area (Å²) in [7, 11) is 0. The molecule has 0 amide bonds. The molecule has 68 heavy (non-hydrogen) atoms. The van der Waals surface area contributed by atoms with Crippen LogP contribution in [-0.4, -0.2) is 13.7 Å². The highest BCUT2D eigenvalue weighted by molar-refractivity contribution is 6.14. The Labute approximate surface area is 394 Å². The van der Waals surface area contributed by atoms with Gasteiger partial charge in [-0.3, -0.25) is 0 Å². The van der Waals surface area contributed by atoms with Crippen LogP contribution in [0.15, 0.2) is 206 Å². The Balaban J connectivity index is 0.926. The number of nitrogens with zero attached hydrogens (tertiary/aromatic N) is 4. The van der Waals surface area contributed by atoms with Gasteiger partial charge in [-0.2, -0.15) is 0 Å². The van der Waals surface area contributed by atoms with Crippen molar-refractivity contribution in [2.45, 2.75) is 37.5 Å². The first-order valence-electron chi connectivity index (χ1n) is 24.9. The van der Waals surface area contributed by atoms with Gasteiger partial charge >= 0.3 is 0 Å². The van der Waals surface area contributed by atoms with Crippen molar-refractivity contribution in [1.82, 2.24) is 13.7 Å². The van der Waals surface area contributed by atoms with Gasteiger partial charge in [-0.1, -0.05) is 115 Å². The van der Waals surface area contributed by atoms with Crippen LogP contribution >= 0.6 is 0 Å². The fourth-order valence-electron chi connectivity index (χ4n) is 15.1. The maximum absolute atomic E-state index is 2.60. The Kier molecular flexibility index (Phi) is 7.48. The molecule has 4 bridgehead atoms. The lowest BCUT2D eigenvalue weighted by molar-refractivity contribution is -0.0419. The van der Waals surface area contributed by atoms with Crippen LogP contribution in [0.2, 0.25) is 0 Å². The van der Waals surface area contributed by atoms with Crippen LogP contribution in [0.5, 0.6) is 0 Å². The molecule has 0 N–H and O–H groups in total. The Morgan fingerprint density at radius 1 is 0.294 bits per heavy atom. The molecule has 4 heteroatoms. The van der Waals surface area contributed by atoms with Crippen molar-refractivity contribution in [3.8, 4) is 17.1 Å². The van der Waals surface area contributed by atoms with Gasteiger partial charge in [0.15, 0.2) is 0 Å². The first-order valence-corrected chi connectivity index (χ1v) is 24.9. The molecule has 5 aliphatic rings. The number of hydrogen-bond donors (Lipinski definition) is 0. The summed E-state index contributed by atoms with van der Waals surface area (Å²) in [5.74, 6) is 3.21. The molecule has 0 radical (unpaired) electrons. The maximum Gasteiger partial charge on any atom is 0.0542 e. The molecule has 4 aliphatic carbocycles. The third-order valence-electron chi connectivity index (χ3n) is 17.4. The summed E-state index contributed by atoms with van der Waals surface area (Å²) in [4.78, 5) is 2.60. The monoisotopic (exact) mass is 872 g/mol. The van der Waals surface area contributed by atoms with Gasteiger partial charge < -0.3 is 18.6 Å². The largest absolute Gasteiger partial charge is 0.310 e. The molecule has 1 spiro atoms. The molecule has 0 saturated heterocycles. The van der Waals surface area contributed by atoms with E-state index in [0.29, 0.717) is 11.8 Å². The minimum Gasteiger partial charge on any atom is -0.310 e. The lowest BCUT2D eigenvalue weighted by Gasteiger charge is -2.64. The number of anilines is 3. The van der Waals surface area contributed by atoms with E-state index in [-0.39, 0.29) is 5.41 Å². The molecule has 324 valence electrons. The Bertz CT molecular complexity index is 3730. The van der Waals surface area contributed by atoms with Crippen LogP contribution in [0.4, 0.5) is 17.1 Å². The fraction of sp³-hybridized carbons (Fsp3) is 0.156. The molecule has 0 unspecified atom stereocenters. The number of para-hydroxylation sites is 6. The molecule has 4 nitrogen and oxygen atoms in total. The summed E-state index contributed by atoms with van der Waals surface area (Å²) in [6, 6.07) is 78.0. The molecule has 17 rings (SSSR count). The number of aromatic nitrogens is 3. The van der Waals surface area contributed by atoms with Crippen LogP contribution in [0, 0.1) is 23.7 Å². The molecular weight excluding hydrogens is 825 g/mol. The van der Waals surface area contributed by atoms with E-state index in [1.54, 1.807) is 11.1 Å². The maximum atomic E-state index is 2.60. The van der Waals surface area contributed by atoms with E-state index in [0.717, 1.165) is 28.9 Å². The van der Waals surface area contributed by atoms with Gasteiger partial charge in [-0.25, -0.2) is 0 Å². The van der Waals surface area contributed by atoms with Gasteiger partial charge in [0.2, 0.25) is 0 Å². The van der Waals surface area contributed by atoms with Crippen LogP contribution in [0.25, 0.3) is 82.5 Å². The molecule has 1 aliphatic heterocycles. The number of hydrogen-bond acceptors (Lipinski definition) is 1. The highest BCUT2D eigenvalue weighted by Crippen LogP contribution is 2.69. The van der Waals surface area contributed by atoms with Crippen LogP contribution in [0.3, 0.4) is 0 Å². The second kappa shape index (κ2) is 13.6. The molecule has 4 saturated carbocycles. The molecular formula is C64H48N4. The van der Waals surface area contributed by atoms with E-state index in [1.165, 1.54) is 115 Å². The van der Waals surface area contributed by atoms with Crippen molar-refractivity contribution in [3.05, 3.63) is 217 Å². The highest BCUT2D eigenvalue weighted by atomic mass is 15.2. The zero-order chi connectivity index (χ0) is 44.2. The van der Waals surface area contributed by atoms with Gasteiger partial charge in [0.25, 0.3) is 0 Å². The minimum absolute atomic E-state index is 0.0731.